The van der Waals surface area contributed by atoms with E-state index in [9.17, 15) is 9.18 Å². The summed E-state index contributed by atoms with van der Waals surface area (Å²) in [7, 11) is 0. The van der Waals surface area contributed by atoms with Crippen molar-refractivity contribution in [1.29, 1.82) is 0 Å². The molecule has 2 amide bonds. The number of amides is 2. The molecule has 7 heteroatoms. The number of imidazole rings is 1. The van der Waals surface area contributed by atoms with Gasteiger partial charge >= 0.3 is 6.03 Å². The van der Waals surface area contributed by atoms with Crippen LogP contribution in [0.5, 0.6) is 0 Å². The van der Waals surface area contributed by atoms with E-state index >= 15 is 0 Å². The zero-order chi connectivity index (χ0) is 17.9. The Balaban J connectivity index is 1.40. The highest BCUT2D eigenvalue weighted by atomic mass is 19.1. The number of hydrogen-bond donors (Lipinski definition) is 1. The van der Waals surface area contributed by atoms with Crippen molar-refractivity contribution in [2.75, 3.05) is 36.4 Å². The Hall–Kier alpha value is -2.57. The average Bonchev–Trinajstić information content (AvgIpc) is 3.36. The lowest BCUT2D eigenvalue weighted by molar-refractivity contribution is 0.179. The predicted octanol–water partition coefficient (Wildman–Crippen LogP) is 3.49. The minimum Gasteiger partial charge on any atom is -0.369 e. The Kier molecular flexibility index (Phi) is 4.77. The third kappa shape index (κ3) is 3.52. The number of anilines is 2. The van der Waals surface area contributed by atoms with Gasteiger partial charge in [-0.2, -0.15) is 0 Å². The molecule has 0 aliphatic carbocycles. The molecule has 1 atom stereocenters. The van der Waals surface area contributed by atoms with Crippen LogP contribution in [0.25, 0.3) is 0 Å². The van der Waals surface area contributed by atoms with Gasteiger partial charge in [-0.1, -0.05) is 0 Å². The Bertz CT molecular complexity index is 757. The third-order valence-electron chi connectivity index (χ3n) is 5.28. The normalized spacial score (nSPS) is 20.4. The number of carbonyl (C=O) groups excluding carboxylic acids is 1. The molecule has 1 N–H and O–H groups in total. The summed E-state index contributed by atoms with van der Waals surface area (Å²) in [4.78, 5) is 20.5. The zero-order valence-corrected chi connectivity index (χ0v) is 14.8. The summed E-state index contributed by atoms with van der Waals surface area (Å²) < 4.78 is 16.5. The van der Waals surface area contributed by atoms with Gasteiger partial charge in [0.2, 0.25) is 0 Å². The van der Waals surface area contributed by atoms with Gasteiger partial charge in [0.15, 0.2) is 0 Å². The van der Waals surface area contributed by atoms with E-state index in [0.29, 0.717) is 24.5 Å². The van der Waals surface area contributed by atoms with E-state index < -0.39 is 0 Å². The van der Waals surface area contributed by atoms with Gasteiger partial charge in [-0.05, 0) is 43.9 Å². The molecule has 2 saturated heterocycles. The van der Waals surface area contributed by atoms with Crippen LogP contribution in [0, 0.1) is 5.82 Å². The van der Waals surface area contributed by atoms with Gasteiger partial charge in [-0.25, -0.2) is 14.2 Å². The molecule has 26 heavy (non-hydrogen) atoms. The Morgan fingerprint density at radius 2 is 2.04 bits per heavy atom. The van der Waals surface area contributed by atoms with Crippen LogP contribution in [0.1, 0.15) is 31.7 Å². The van der Waals surface area contributed by atoms with E-state index in [1.807, 2.05) is 10.8 Å². The lowest BCUT2D eigenvalue weighted by Gasteiger charge is -2.33. The topological polar surface area (TPSA) is 53.4 Å². The summed E-state index contributed by atoms with van der Waals surface area (Å²) in [6.45, 7) is 3.14. The van der Waals surface area contributed by atoms with Crippen molar-refractivity contribution >= 4 is 17.4 Å². The summed E-state index contributed by atoms with van der Waals surface area (Å²) in [5.74, 6) is -0.278. The van der Waals surface area contributed by atoms with E-state index in [1.54, 1.807) is 29.6 Å². The van der Waals surface area contributed by atoms with Gasteiger partial charge in [0.1, 0.15) is 5.82 Å². The fourth-order valence-electron chi connectivity index (χ4n) is 3.87. The van der Waals surface area contributed by atoms with E-state index in [4.69, 9.17) is 0 Å². The second kappa shape index (κ2) is 7.35. The standard InChI is InChI=1S/C19H24FN5O/c20-17-12-15(5-6-18(17)23-8-1-2-9-23)22-19(26)24-10-3-4-16(13-24)25-11-7-21-14-25/h5-7,11-12,14,16H,1-4,8-10,13H2,(H,22,26). The Morgan fingerprint density at radius 1 is 1.19 bits per heavy atom. The van der Waals surface area contributed by atoms with Crippen molar-refractivity contribution in [1.82, 2.24) is 14.5 Å². The quantitative estimate of drug-likeness (QED) is 0.915. The number of rotatable bonds is 3. The van der Waals surface area contributed by atoms with Crippen LogP contribution in [0.2, 0.25) is 0 Å². The molecule has 0 bridgehead atoms. The molecule has 2 aliphatic heterocycles. The van der Waals surface area contributed by atoms with Crippen LogP contribution in [0.3, 0.4) is 0 Å². The average molecular weight is 357 g/mol. The van der Waals surface area contributed by atoms with Crippen molar-refractivity contribution in [3.05, 3.63) is 42.7 Å². The molecular weight excluding hydrogens is 333 g/mol. The highest BCUT2D eigenvalue weighted by Crippen LogP contribution is 2.27. The van der Waals surface area contributed by atoms with Crippen molar-refractivity contribution in [2.24, 2.45) is 0 Å². The molecule has 0 saturated carbocycles. The maximum Gasteiger partial charge on any atom is 0.321 e. The molecule has 3 heterocycles. The number of carbonyl (C=O) groups is 1. The molecule has 1 aromatic carbocycles. The van der Waals surface area contributed by atoms with Gasteiger partial charge in [0.25, 0.3) is 0 Å². The number of benzene rings is 1. The molecule has 4 rings (SSSR count). The maximum absolute atomic E-state index is 14.4. The van der Waals surface area contributed by atoms with Crippen molar-refractivity contribution in [2.45, 2.75) is 31.7 Å². The third-order valence-corrected chi connectivity index (χ3v) is 5.28. The fraction of sp³-hybridized carbons (Fsp3) is 0.474. The lowest BCUT2D eigenvalue weighted by atomic mass is 10.1. The molecule has 6 nitrogen and oxygen atoms in total. The molecule has 0 radical (unpaired) electrons. The van der Waals surface area contributed by atoms with Gasteiger partial charge < -0.3 is 19.7 Å². The number of hydrogen-bond acceptors (Lipinski definition) is 3. The first-order chi connectivity index (χ1) is 12.7. The SMILES string of the molecule is O=C(Nc1ccc(N2CCCC2)c(F)c1)N1CCCC(n2ccnc2)C1. The molecule has 0 spiro atoms. The Morgan fingerprint density at radius 3 is 2.77 bits per heavy atom. The van der Waals surface area contributed by atoms with Crippen LogP contribution >= 0.6 is 0 Å². The summed E-state index contributed by atoms with van der Waals surface area (Å²) in [6, 6.07) is 5.03. The first kappa shape index (κ1) is 16.9. The largest absolute Gasteiger partial charge is 0.369 e. The van der Waals surface area contributed by atoms with Crippen LogP contribution in [0.15, 0.2) is 36.9 Å². The fourth-order valence-corrected chi connectivity index (χ4v) is 3.87. The zero-order valence-electron chi connectivity index (χ0n) is 14.8. The molecule has 2 aromatic rings. The van der Waals surface area contributed by atoms with Gasteiger partial charge in [0.05, 0.1) is 18.1 Å². The van der Waals surface area contributed by atoms with E-state index in [1.165, 1.54) is 6.07 Å². The molecule has 1 unspecified atom stereocenters. The second-order valence-electron chi connectivity index (χ2n) is 7.04. The number of nitrogens with zero attached hydrogens (tertiary/aromatic N) is 4. The predicted molar refractivity (Wildman–Crippen MR) is 98.9 cm³/mol. The van der Waals surface area contributed by atoms with Crippen LogP contribution in [-0.2, 0) is 0 Å². The van der Waals surface area contributed by atoms with Gasteiger partial charge in [-0.15, -0.1) is 0 Å². The molecular formula is C19H24FN5O. The molecule has 1 aromatic heterocycles. The number of urea groups is 1. The summed E-state index contributed by atoms with van der Waals surface area (Å²) in [6.07, 6.45) is 9.65. The highest BCUT2D eigenvalue weighted by Gasteiger charge is 2.25. The number of piperidine rings is 1. The Labute approximate surface area is 152 Å². The minimum atomic E-state index is -0.278. The lowest BCUT2D eigenvalue weighted by Crippen LogP contribution is -2.42. The molecule has 2 aliphatic rings. The minimum absolute atomic E-state index is 0.178. The van der Waals surface area contributed by atoms with Crippen molar-refractivity contribution in [3.63, 3.8) is 0 Å². The number of nitrogens with one attached hydrogen (secondary N) is 1. The summed E-state index contributed by atoms with van der Waals surface area (Å²) in [5.41, 5.74) is 1.12. The van der Waals surface area contributed by atoms with E-state index in [-0.39, 0.29) is 17.9 Å². The van der Waals surface area contributed by atoms with Gasteiger partial charge in [-0.3, -0.25) is 0 Å². The number of aromatic nitrogens is 2. The maximum atomic E-state index is 14.4. The summed E-state index contributed by atoms with van der Waals surface area (Å²) in [5, 5.41) is 2.84. The van der Waals surface area contributed by atoms with E-state index in [2.05, 4.69) is 15.2 Å². The highest BCUT2D eigenvalue weighted by molar-refractivity contribution is 5.89. The van der Waals surface area contributed by atoms with Gasteiger partial charge in [0, 0.05) is 44.3 Å². The molecule has 2 fully saturated rings. The van der Waals surface area contributed by atoms with Crippen LogP contribution in [0.4, 0.5) is 20.6 Å². The van der Waals surface area contributed by atoms with Crippen molar-refractivity contribution in [3.8, 4) is 0 Å². The van der Waals surface area contributed by atoms with Crippen molar-refractivity contribution < 1.29 is 9.18 Å². The first-order valence-electron chi connectivity index (χ1n) is 9.28. The summed E-state index contributed by atoms with van der Waals surface area (Å²) >= 11 is 0. The monoisotopic (exact) mass is 357 g/mol. The van der Waals surface area contributed by atoms with Crippen LogP contribution in [-0.4, -0.2) is 46.7 Å². The smallest absolute Gasteiger partial charge is 0.321 e. The molecule has 138 valence electrons. The number of halogens is 1. The van der Waals surface area contributed by atoms with Crippen LogP contribution < -0.4 is 10.2 Å². The number of likely N-dealkylation sites (tertiary alicyclic amines) is 1. The second-order valence-corrected chi connectivity index (χ2v) is 7.04. The first-order valence-corrected chi connectivity index (χ1v) is 9.28. The van der Waals surface area contributed by atoms with E-state index in [0.717, 1.165) is 38.8 Å².